The number of rotatable bonds is 6. The number of anilines is 1. The number of piperidine rings is 2. The summed E-state index contributed by atoms with van der Waals surface area (Å²) in [5.74, 6) is 1.27. The summed E-state index contributed by atoms with van der Waals surface area (Å²) in [5, 5.41) is 10.0. The largest absolute Gasteiger partial charge is 0.384 e. The smallest absolute Gasteiger partial charge is 0.243 e. The molecule has 0 radical (unpaired) electrons. The molecule has 178 valence electrons. The Morgan fingerprint density at radius 1 is 1.21 bits per heavy atom. The number of morpholine rings is 1. The Morgan fingerprint density at radius 3 is 2.58 bits per heavy atom. The van der Waals surface area contributed by atoms with E-state index in [1.165, 1.54) is 19.4 Å². The van der Waals surface area contributed by atoms with Gasteiger partial charge in [0, 0.05) is 51.0 Å². The number of carbonyl (C=O) groups is 1. The number of nitrogens with two attached hydrogens (primary N) is 1. The lowest BCUT2D eigenvalue weighted by molar-refractivity contribution is -0.143. The van der Waals surface area contributed by atoms with Gasteiger partial charge < -0.3 is 15.4 Å². The molecular formula is C25H36N6O2. The fourth-order valence-corrected chi connectivity index (χ4v) is 6.15. The number of nitrogens with zero attached hydrogens (tertiary/aromatic N) is 5. The molecule has 8 heteroatoms. The minimum Gasteiger partial charge on any atom is -0.384 e. The van der Waals surface area contributed by atoms with Crippen LogP contribution in [0, 0.1) is 22.7 Å². The summed E-state index contributed by atoms with van der Waals surface area (Å²) in [6.45, 7) is 6.82. The van der Waals surface area contributed by atoms with Crippen molar-refractivity contribution in [2.75, 3.05) is 51.7 Å². The molecule has 2 atom stereocenters. The maximum absolute atomic E-state index is 13.4. The Morgan fingerprint density at radius 2 is 1.94 bits per heavy atom. The van der Waals surface area contributed by atoms with E-state index in [1.807, 2.05) is 17.0 Å². The Kier molecular flexibility index (Phi) is 6.55. The van der Waals surface area contributed by atoms with Crippen molar-refractivity contribution in [3.8, 4) is 6.07 Å². The highest BCUT2D eigenvalue weighted by atomic mass is 16.5. The van der Waals surface area contributed by atoms with E-state index in [0.29, 0.717) is 36.7 Å². The van der Waals surface area contributed by atoms with Crippen LogP contribution in [0.3, 0.4) is 0 Å². The Hall–Kier alpha value is -2.21. The first-order chi connectivity index (χ1) is 16.1. The third-order valence-corrected chi connectivity index (χ3v) is 8.38. The highest BCUT2D eigenvalue weighted by molar-refractivity contribution is 5.85. The molecule has 33 heavy (non-hydrogen) atoms. The van der Waals surface area contributed by atoms with Crippen LogP contribution in [-0.4, -0.2) is 83.6 Å². The zero-order valence-corrected chi connectivity index (χ0v) is 19.5. The molecule has 5 rings (SSSR count). The van der Waals surface area contributed by atoms with Gasteiger partial charge in [-0.3, -0.25) is 14.6 Å². The molecule has 0 aliphatic carbocycles. The molecule has 4 saturated heterocycles. The van der Waals surface area contributed by atoms with Crippen LogP contribution in [-0.2, 0) is 16.1 Å². The number of pyridine rings is 1. The predicted octanol–water partition coefficient (Wildman–Crippen LogP) is 1.87. The summed E-state index contributed by atoms with van der Waals surface area (Å²) >= 11 is 0. The van der Waals surface area contributed by atoms with E-state index in [2.05, 4.69) is 20.9 Å². The molecule has 2 N–H and O–H groups in total. The number of carbonyl (C=O) groups excluding carboxylic acids is 1. The first-order valence-corrected chi connectivity index (χ1v) is 12.5. The molecular weight excluding hydrogens is 416 g/mol. The molecule has 0 saturated carbocycles. The number of nitriles is 1. The van der Waals surface area contributed by atoms with Crippen molar-refractivity contribution in [1.82, 2.24) is 19.7 Å². The van der Waals surface area contributed by atoms with Gasteiger partial charge in [-0.2, -0.15) is 5.26 Å². The zero-order chi connectivity index (χ0) is 22.8. The minimum atomic E-state index is -0.865. The summed E-state index contributed by atoms with van der Waals surface area (Å²) in [6.07, 6.45) is 7.56. The van der Waals surface area contributed by atoms with Gasteiger partial charge >= 0.3 is 0 Å². The van der Waals surface area contributed by atoms with Gasteiger partial charge in [-0.15, -0.1) is 0 Å². The maximum Gasteiger partial charge on any atom is 0.243 e. The van der Waals surface area contributed by atoms with Crippen molar-refractivity contribution < 1.29 is 9.53 Å². The van der Waals surface area contributed by atoms with Crippen LogP contribution >= 0.6 is 0 Å². The average molecular weight is 453 g/mol. The number of ether oxygens (including phenoxy) is 1. The molecule has 0 aromatic carbocycles. The Balaban J connectivity index is 1.08. The van der Waals surface area contributed by atoms with Crippen LogP contribution in [0.25, 0.3) is 0 Å². The molecule has 4 fully saturated rings. The molecule has 2 unspecified atom stereocenters. The molecule has 8 nitrogen and oxygen atoms in total. The van der Waals surface area contributed by atoms with Crippen LogP contribution in [0.5, 0.6) is 0 Å². The van der Waals surface area contributed by atoms with Crippen LogP contribution in [0.2, 0.25) is 0 Å². The molecule has 4 aliphatic heterocycles. The Bertz CT molecular complexity index is 871. The molecule has 1 amide bonds. The second-order valence-electron chi connectivity index (χ2n) is 10.4. The standard InChI is InChI=1S/C25H36N6O2/c26-18-25(5-11-29(12-6-25)15-20-1-7-28-23(27)13-20)24(32)30-8-2-19(3-9-30)4-10-31-21-14-22(31)17-33-16-21/h1,7,13,19,21-22H,2-6,8-12,14-17H2,(H2,27,28). The zero-order valence-electron chi connectivity index (χ0n) is 19.5. The van der Waals surface area contributed by atoms with E-state index in [1.54, 1.807) is 6.20 Å². The first kappa shape index (κ1) is 22.6. The first-order valence-electron chi connectivity index (χ1n) is 12.5. The van der Waals surface area contributed by atoms with Gasteiger partial charge in [0.1, 0.15) is 11.2 Å². The second kappa shape index (κ2) is 9.57. The predicted molar refractivity (Wildman–Crippen MR) is 125 cm³/mol. The van der Waals surface area contributed by atoms with Crippen LogP contribution < -0.4 is 5.73 Å². The third kappa shape index (κ3) is 4.72. The van der Waals surface area contributed by atoms with Gasteiger partial charge in [0.2, 0.25) is 5.91 Å². The van der Waals surface area contributed by atoms with Gasteiger partial charge in [-0.05, 0) is 68.7 Å². The highest BCUT2D eigenvalue weighted by Gasteiger charge is 2.45. The van der Waals surface area contributed by atoms with Crippen LogP contribution in [0.15, 0.2) is 18.3 Å². The second-order valence-corrected chi connectivity index (χ2v) is 10.4. The molecule has 1 aromatic rings. The fourth-order valence-electron chi connectivity index (χ4n) is 6.15. The molecule has 0 spiro atoms. The van der Waals surface area contributed by atoms with E-state index >= 15 is 0 Å². The quantitative estimate of drug-likeness (QED) is 0.703. The third-order valence-electron chi connectivity index (χ3n) is 8.38. The summed E-state index contributed by atoms with van der Waals surface area (Å²) < 4.78 is 5.59. The van der Waals surface area contributed by atoms with Crippen molar-refractivity contribution in [3.05, 3.63) is 23.9 Å². The molecule has 5 heterocycles. The maximum atomic E-state index is 13.4. The van der Waals surface area contributed by atoms with E-state index in [-0.39, 0.29) is 5.91 Å². The SMILES string of the molecule is N#CC1(C(=O)N2CCC(CCN3C4COCC3C4)CC2)CCN(Cc2ccnc(N)c2)CC1. The number of likely N-dealkylation sites (tertiary alicyclic amines) is 2. The van der Waals surface area contributed by atoms with Crippen molar-refractivity contribution >= 4 is 11.7 Å². The fraction of sp³-hybridized carbons (Fsp3) is 0.720. The minimum absolute atomic E-state index is 0.0608. The topological polar surface area (TPSA) is 98.7 Å². The monoisotopic (exact) mass is 452 g/mol. The Labute approximate surface area is 196 Å². The lowest BCUT2D eigenvalue weighted by Crippen LogP contribution is -2.63. The molecule has 4 aliphatic rings. The molecule has 1 aromatic heterocycles. The van der Waals surface area contributed by atoms with E-state index < -0.39 is 5.41 Å². The van der Waals surface area contributed by atoms with Crippen molar-refractivity contribution in [2.45, 2.75) is 57.2 Å². The van der Waals surface area contributed by atoms with Gasteiger partial charge in [-0.1, -0.05) is 0 Å². The van der Waals surface area contributed by atoms with Crippen molar-refractivity contribution in [1.29, 1.82) is 5.26 Å². The number of hydrogen-bond donors (Lipinski definition) is 1. The van der Waals surface area contributed by atoms with Gasteiger partial charge in [0.25, 0.3) is 0 Å². The van der Waals surface area contributed by atoms with Gasteiger partial charge in [-0.25, -0.2) is 4.98 Å². The summed E-state index contributed by atoms with van der Waals surface area (Å²) in [6, 6.07) is 7.58. The van der Waals surface area contributed by atoms with Gasteiger partial charge in [0.05, 0.1) is 19.3 Å². The van der Waals surface area contributed by atoms with E-state index in [4.69, 9.17) is 10.5 Å². The van der Waals surface area contributed by atoms with Crippen molar-refractivity contribution in [2.24, 2.45) is 11.3 Å². The summed E-state index contributed by atoms with van der Waals surface area (Å²) in [7, 11) is 0. The molecule has 2 bridgehead atoms. The number of hydrogen-bond acceptors (Lipinski definition) is 7. The van der Waals surface area contributed by atoms with E-state index in [9.17, 15) is 10.1 Å². The van der Waals surface area contributed by atoms with Gasteiger partial charge in [0.15, 0.2) is 0 Å². The number of nitrogen functional groups attached to an aromatic ring is 1. The lowest BCUT2D eigenvalue weighted by Gasteiger charge is -2.53. The normalized spacial score (nSPS) is 28.2. The number of fused-ring (bicyclic) bond motifs is 2. The number of aromatic nitrogens is 1. The highest BCUT2D eigenvalue weighted by Crippen LogP contribution is 2.36. The van der Waals surface area contributed by atoms with Crippen molar-refractivity contribution in [3.63, 3.8) is 0 Å². The van der Waals surface area contributed by atoms with E-state index in [0.717, 1.165) is 64.3 Å². The van der Waals surface area contributed by atoms with Crippen LogP contribution in [0.4, 0.5) is 5.82 Å². The lowest BCUT2D eigenvalue weighted by atomic mass is 9.77. The number of amides is 1. The summed E-state index contributed by atoms with van der Waals surface area (Å²) in [4.78, 5) is 24.4. The van der Waals surface area contributed by atoms with Crippen LogP contribution in [0.1, 0.15) is 44.1 Å². The summed E-state index contributed by atoms with van der Waals surface area (Å²) in [5.41, 5.74) is 6.05. The average Bonchev–Trinajstić information content (AvgIpc) is 2.85.